The summed E-state index contributed by atoms with van der Waals surface area (Å²) in [6, 6.07) is 12.4. The molecule has 1 aliphatic rings. The maximum atomic E-state index is 12.4. The number of fused-ring (bicyclic) bond motifs is 1. The predicted molar refractivity (Wildman–Crippen MR) is 105 cm³/mol. The molecule has 3 aromatic rings. The molecule has 4 rings (SSSR count). The third kappa shape index (κ3) is 3.92. The van der Waals surface area contributed by atoms with Crippen molar-refractivity contribution >= 4 is 32.6 Å². The molecule has 1 fully saturated rings. The number of para-hydroxylation sites is 1. The molecular weight excluding hydrogens is 344 g/mol. The second-order valence-corrected chi connectivity index (χ2v) is 7.65. The molecule has 5 nitrogen and oxygen atoms in total. The summed E-state index contributed by atoms with van der Waals surface area (Å²) in [5, 5.41) is 3.63. The van der Waals surface area contributed by atoms with Crippen LogP contribution in [-0.4, -0.2) is 33.9 Å². The molecule has 26 heavy (non-hydrogen) atoms. The number of pyridine rings is 1. The van der Waals surface area contributed by atoms with Gasteiger partial charge in [-0.05, 0) is 43.1 Å². The molecule has 1 amide bonds. The highest BCUT2D eigenvalue weighted by atomic mass is 32.1. The van der Waals surface area contributed by atoms with E-state index in [1.807, 2.05) is 42.7 Å². The second kappa shape index (κ2) is 7.93. The van der Waals surface area contributed by atoms with Gasteiger partial charge in [0.1, 0.15) is 0 Å². The number of piperidine rings is 1. The Labute approximate surface area is 157 Å². The van der Waals surface area contributed by atoms with Gasteiger partial charge in [0.05, 0.1) is 10.2 Å². The van der Waals surface area contributed by atoms with Crippen molar-refractivity contribution in [3.8, 4) is 0 Å². The monoisotopic (exact) mass is 366 g/mol. The van der Waals surface area contributed by atoms with E-state index in [0.29, 0.717) is 17.6 Å². The van der Waals surface area contributed by atoms with Gasteiger partial charge in [0.2, 0.25) is 5.91 Å². The number of likely N-dealkylation sites (tertiary alicyclic amines) is 1. The molecule has 0 radical (unpaired) electrons. The van der Waals surface area contributed by atoms with E-state index in [-0.39, 0.29) is 5.91 Å². The van der Waals surface area contributed by atoms with Crippen LogP contribution in [0.15, 0.2) is 48.8 Å². The molecule has 3 heterocycles. The molecule has 1 saturated heterocycles. The largest absolute Gasteiger partial charge is 0.302 e. The van der Waals surface area contributed by atoms with Gasteiger partial charge in [-0.1, -0.05) is 36.0 Å². The molecular formula is C20H22N4OS. The van der Waals surface area contributed by atoms with Gasteiger partial charge < -0.3 is 5.32 Å². The van der Waals surface area contributed by atoms with Crippen molar-refractivity contribution in [1.29, 1.82) is 0 Å². The van der Waals surface area contributed by atoms with Crippen LogP contribution in [-0.2, 0) is 4.79 Å². The number of hydrogen-bond acceptors (Lipinski definition) is 5. The SMILES string of the molecule is O=C(CCN1CCCC[C@@H]1c1cccnc1)Nc1nc2ccccc2s1. The number of thiazole rings is 1. The Morgan fingerprint density at radius 3 is 3.00 bits per heavy atom. The number of hydrogen-bond donors (Lipinski definition) is 1. The number of carbonyl (C=O) groups is 1. The van der Waals surface area contributed by atoms with Crippen molar-refractivity contribution in [2.24, 2.45) is 0 Å². The van der Waals surface area contributed by atoms with Gasteiger partial charge in [-0.2, -0.15) is 0 Å². The molecule has 1 atom stereocenters. The molecule has 0 aliphatic carbocycles. The van der Waals surface area contributed by atoms with Crippen molar-refractivity contribution in [1.82, 2.24) is 14.9 Å². The lowest BCUT2D eigenvalue weighted by Gasteiger charge is -2.35. The molecule has 0 bridgehead atoms. The Balaban J connectivity index is 1.36. The van der Waals surface area contributed by atoms with Crippen LogP contribution in [0.5, 0.6) is 0 Å². The topological polar surface area (TPSA) is 58.1 Å². The van der Waals surface area contributed by atoms with Gasteiger partial charge in [-0.25, -0.2) is 4.98 Å². The molecule has 0 unspecified atom stereocenters. The molecule has 1 N–H and O–H groups in total. The van der Waals surface area contributed by atoms with E-state index < -0.39 is 0 Å². The number of rotatable bonds is 5. The highest BCUT2D eigenvalue weighted by Crippen LogP contribution is 2.30. The maximum absolute atomic E-state index is 12.4. The predicted octanol–water partition coefficient (Wildman–Crippen LogP) is 4.25. The van der Waals surface area contributed by atoms with Crippen LogP contribution >= 0.6 is 11.3 Å². The quantitative estimate of drug-likeness (QED) is 0.733. The van der Waals surface area contributed by atoms with E-state index in [9.17, 15) is 4.79 Å². The number of nitrogens with zero attached hydrogens (tertiary/aromatic N) is 3. The highest BCUT2D eigenvalue weighted by molar-refractivity contribution is 7.22. The van der Waals surface area contributed by atoms with Gasteiger partial charge in [-0.3, -0.25) is 14.7 Å². The van der Waals surface area contributed by atoms with Crippen LogP contribution in [0.25, 0.3) is 10.2 Å². The molecule has 0 saturated carbocycles. The minimum atomic E-state index is 0.0274. The van der Waals surface area contributed by atoms with E-state index in [2.05, 4.69) is 26.3 Å². The van der Waals surface area contributed by atoms with Gasteiger partial charge >= 0.3 is 0 Å². The first kappa shape index (κ1) is 17.1. The molecule has 1 aromatic carbocycles. The lowest BCUT2D eigenvalue weighted by atomic mass is 9.96. The number of amides is 1. The fraction of sp³-hybridized carbons (Fsp3) is 0.350. The highest BCUT2D eigenvalue weighted by Gasteiger charge is 2.24. The number of benzene rings is 1. The van der Waals surface area contributed by atoms with Gasteiger partial charge in [-0.15, -0.1) is 0 Å². The summed E-state index contributed by atoms with van der Waals surface area (Å²) in [5.41, 5.74) is 2.18. The standard InChI is InChI=1S/C20H22N4OS/c25-19(23-20-22-16-7-1-2-9-18(16)26-20)10-13-24-12-4-3-8-17(24)15-6-5-11-21-14-15/h1-2,5-7,9,11,14,17H,3-4,8,10,12-13H2,(H,22,23,25)/t17-/m1/s1. The molecule has 6 heteroatoms. The first-order valence-electron chi connectivity index (χ1n) is 9.09. The number of aromatic nitrogens is 2. The Morgan fingerprint density at radius 2 is 2.15 bits per heavy atom. The Hall–Kier alpha value is -2.31. The Bertz CT molecular complexity index is 847. The van der Waals surface area contributed by atoms with E-state index in [1.165, 1.54) is 29.7 Å². The Morgan fingerprint density at radius 1 is 1.23 bits per heavy atom. The van der Waals surface area contributed by atoms with E-state index >= 15 is 0 Å². The molecule has 0 spiro atoms. The fourth-order valence-corrected chi connectivity index (χ4v) is 4.44. The van der Waals surface area contributed by atoms with Crippen LogP contribution in [0.1, 0.15) is 37.3 Å². The van der Waals surface area contributed by atoms with Crippen molar-refractivity contribution in [3.05, 3.63) is 54.4 Å². The average molecular weight is 366 g/mol. The van der Waals surface area contributed by atoms with E-state index in [4.69, 9.17) is 0 Å². The van der Waals surface area contributed by atoms with Crippen LogP contribution in [0, 0.1) is 0 Å². The first-order valence-corrected chi connectivity index (χ1v) is 9.90. The zero-order valence-electron chi connectivity index (χ0n) is 14.6. The second-order valence-electron chi connectivity index (χ2n) is 6.62. The number of carbonyl (C=O) groups excluding carboxylic acids is 1. The van der Waals surface area contributed by atoms with Crippen LogP contribution in [0.4, 0.5) is 5.13 Å². The minimum absolute atomic E-state index is 0.0274. The van der Waals surface area contributed by atoms with E-state index in [0.717, 1.165) is 29.7 Å². The zero-order valence-corrected chi connectivity index (χ0v) is 15.4. The lowest BCUT2D eigenvalue weighted by Crippen LogP contribution is -2.35. The van der Waals surface area contributed by atoms with Gasteiger partial charge in [0.25, 0.3) is 0 Å². The summed E-state index contributed by atoms with van der Waals surface area (Å²) in [6.45, 7) is 1.80. The first-order chi connectivity index (χ1) is 12.8. The summed E-state index contributed by atoms with van der Waals surface area (Å²) in [5.74, 6) is 0.0274. The van der Waals surface area contributed by atoms with Crippen LogP contribution in [0.3, 0.4) is 0 Å². The summed E-state index contributed by atoms with van der Waals surface area (Å²) < 4.78 is 1.09. The fourth-order valence-electron chi connectivity index (χ4n) is 3.56. The summed E-state index contributed by atoms with van der Waals surface area (Å²) in [7, 11) is 0. The van der Waals surface area contributed by atoms with Gasteiger partial charge in [0.15, 0.2) is 5.13 Å². The molecule has 2 aromatic heterocycles. The summed E-state index contributed by atoms with van der Waals surface area (Å²) in [4.78, 5) is 23.5. The van der Waals surface area contributed by atoms with Crippen molar-refractivity contribution in [3.63, 3.8) is 0 Å². The van der Waals surface area contributed by atoms with Crippen molar-refractivity contribution in [2.45, 2.75) is 31.7 Å². The van der Waals surface area contributed by atoms with Crippen LogP contribution in [0.2, 0.25) is 0 Å². The third-order valence-electron chi connectivity index (χ3n) is 4.85. The smallest absolute Gasteiger partial charge is 0.227 e. The van der Waals surface area contributed by atoms with Crippen LogP contribution < -0.4 is 5.32 Å². The normalized spacial score (nSPS) is 18.1. The molecule has 134 valence electrons. The number of nitrogens with one attached hydrogen (secondary N) is 1. The maximum Gasteiger partial charge on any atom is 0.227 e. The molecule has 1 aliphatic heterocycles. The summed E-state index contributed by atoms with van der Waals surface area (Å²) in [6.07, 6.45) is 7.79. The minimum Gasteiger partial charge on any atom is -0.302 e. The lowest BCUT2D eigenvalue weighted by molar-refractivity contribution is -0.116. The Kier molecular flexibility index (Phi) is 5.22. The van der Waals surface area contributed by atoms with Gasteiger partial charge in [0, 0.05) is 31.4 Å². The third-order valence-corrected chi connectivity index (χ3v) is 5.80. The number of anilines is 1. The van der Waals surface area contributed by atoms with E-state index in [1.54, 1.807) is 0 Å². The average Bonchev–Trinajstić information content (AvgIpc) is 3.09. The van der Waals surface area contributed by atoms with Crippen molar-refractivity contribution < 1.29 is 4.79 Å². The zero-order chi connectivity index (χ0) is 17.8. The summed E-state index contributed by atoms with van der Waals surface area (Å²) >= 11 is 1.52. The van der Waals surface area contributed by atoms with Crippen molar-refractivity contribution in [2.75, 3.05) is 18.4 Å².